The quantitative estimate of drug-likeness (QED) is 0.576. The van der Waals surface area contributed by atoms with Gasteiger partial charge in [0.1, 0.15) is 11.2 Å². The Morgan fingerprint density at radius 1 is 1.04 bits per heavy atom. The summed E-state index contributed by atoms with van der Waals surface area (Å²) in [5.41, 5.74) is 8.47. The summed E-state index contributed by atoms with van der Waals surface area (Å²) < 4.78 is 1.51. The summed E-state index contributed by atoms with van der Waals surface area (Å²) in [4.78, 5) is 33.3. The molecule has 0 saturated carbocycles. The molecule has 0 aliphatic rings. The van der Waals surface area contributed by atoms with Gasteiger partial charge < -0.3 is 11.1 Å². The van der Waals surface area contributed by atoms with Gasteiger partial charge in [0.2, 0.25) is 0 Å². The summed E-state index contributed by atoms with van der Waals surface area (Å²) >= 11 is 0. The molecule has 0 saturated heterocycles. The standard InChI is InChI=1S/C21H17N5O2/c22-21(28)24-15-8-4-9-16(13-15)26-19-17(10-5-11-23-19)25-18(20(26)27)12-14-6-2-1-3-7-14/h1-11,13H,12H2,(H3,22,24,28). The van der Waals surface area contributed by atoms with Crippen molar-refractivity contribution < 1.29 is 4.79 Å². The molecule has 4 aromatic rings. The van der Waals surface area contributed by atoms with Crippen molar-refractivity contribution in [2.75, 3.05) is 5.32 Å². The summed E-state index contributed by atoms with van der Waals surface area (Å²) in [7, 11) is 0. The fourth-order valence-electron chi connectivity index (χ4n) is 3.08. The highest BCUT2D eigenvalue weighted by atomic mass is 16.2. The lowest BCUT2D eigenvalue weighted by Crippen LogP contribution is -2.25. The van der Waals surface area contributed by atoms with Gasteiger partial charge in [-0.15, -0.1) is 0 Å². The third-order valence-electron chi connectivity index (χ3n) is 4.27. The molecule has 0 spiro atoms. The number of fused-ring (bicyclic) bond motifs is 1. The average molecular weight is 371 g/mol. The van der Waals surface area contributed by atoms with Gasteiger partial charge >= 0.3 is 6.03 Å². The van der Waals surface area contributed by atoms with E-state index in [4.69, 9.17) is 5.73 Å². The number of nitrogens with two attached hydrogens (primary N) is 1. The number of nitrogens with zero attached hydrogens (tertiary/aromatic N) is 3. The van der Waals surface area contributed by atoms with Crippen molar-refractivity contribution in [3.63, 3.8) is 0 Å². The van der Waals surface area contributed by atoms with Crippen LogP contribution < -0.4 is 16.6 Å². The van der Waals surface area contributed by atoms with Crippen molar-refractivity contribution in [3.8, 4) is 5.69 Å². The Labute approximate surface area is 160 Å². The summed E-state index contributed by atoms with van der Waals surface area (Å²) in [6, 6.07) is 19.5. The van der Waals surface area contributed by atoms with E-state index in [0.29, 0.717) is 34.7 Å². The molecule has 2 aromatic heterocycles. The highest BCUT2D eigenvalue weighted by Gasteiger charge is 2.14. The van der Waals surface area contributed by atoms with Gasteiger partial charge in [-0.3, -0.25) is 9.36 Å². The van der Waals surface area contributed by atoms with E-state index in [0.717, 1.165) is 5.56 Å². The number of primary amides is 1. The van der Waals surface area contributed by atoms with Crippen LogP contribution in [-0.4, -0.2) is 20.6 Å². The van der Waals surface area contributed by atoms with Crippen LogP contribution in [0.3, 0.4) is 0 Å². The molecule has 0 fully saturated rings. The molecule has 0 bridgehead atoms. The Balaban J connectivity index is 1.91. The van der Waals surface area contributed by atoms with Crippen LogP contribution in [0.2, 0.25) is 0 Å². The monoisotopic (exact) mass is 371 g/mol. The number of carbonyl (C=O) groups excluding carboxylic acids is 1. The van der Waals surface area contributed by atoms with E-state index in [1.165, 1.54) is 4.57 Å². The number of amides is 2. The van der Waals surface area contributed by atoms with Gasteiger partial charge in [-0.05, 0) is 35.9 Å². The fraction of sp³-hybridized carbons (Fsp3) is 0.0476. The van der Waals surface area contributed by atoms with Crippen molar-refractivity contribution in [1.29, 1.82) is 0 Å². The zero-order valence-corrected chi connectivity index (χ0v) is 14.9. The zero-order chi connectivity index (χ0) is 19.5. The Morgan fingerprint density at radius 2 is 1.86 bits per heavy atom. The maximum atomic E-state index is 13.3. The van der Waals surface area contributed by atoms with Crippen LogP contribution in [0.1, 0.15) is 11.3 Å². The first-order chi connectivity index (χ1) is 13.6. The first kappa shape index (κ1) is 17.4. The van der Waals surface area contributed by atoms with Crippen LogP contribution in [0.25, 0.3) is 16.9 Å². The van der Waals surface area contributed by atoms with E-state index < -0.39 is 6.03 Å². The topological polar surface area (TPSA) is 103 Å². The van der Waals surface area contributed by atoms with E-state index in [2.05, 4.69) is 15.3 Å². The summed E-state index contributed by atoms with van der Waals surface area (Å²) in [6.45, 7) is 0. The van der Waals surface area contributed by atoms with Gasteiger partial charge in [-0.2, -0.15) is 0 Å². The van der Waals surface area contributed by atoms with Crippen molar-refractivity contribution in [2.24, 2.45) is 5.73 Å². The van der Waals surface area contributed by atoms with E-state index in [1.807, 2.05) is 36.4 Å². The molecule has 0 unspecified atom stereocenters. The number of urea groups is 1. The van der Waals surface area contributed by atoms with Crippen LogP contribution in [-0.2, 0) is 6.42 Å². The molecular formula is C21H17N5O2. The minimum atomic E-state index is -0.674. The number of nitrogens with one attached hydrogen (secondary N) is 1. The predicted octanol–water partition coefficient (Wildman–Crippen LogP) is 2.86. The average Bonchev–Trinajstić information content (AvgIpc) is 2.69. The van der Waals surface area contributed by atoms with Crippen molar-refractivity contribution in [2.45, 2.75) is 6.42 Å². The first-order valence-corrected chi connectivity index (χ1v) is 8.69. The van der Waals surface area contributed by atoms with Crippen LogP contribution in [0.4, 0.5) is 10.5 Å². The Bertz CT molecular complexity index is 1220. The lowest BCUT2D eigenvalue weighted by molar-refractivity contribution is 0.259. The molecule has 28 heavy (non-hydrogen) atoms. The molecule has 7 nitrogen and oxygen atoms in total. The minimum Gasteiger partial charge on any atom is -0.351 e. The van der Waals surface area contributed by atoms with E-state index in [9.17, 15) is 9.59 Å². The molecule has 138 valence electrons. The number of hydrogen-bond donors (Lipinski definition) is 2. The number of anilines is 1. The molecular weight excluding hydrogens is 354 g/mol. The molecule has 2 aromatic carbocycles. The summed E-state index contributed by atoms with van der Waals surface area (Å²) in [6.07, 6.45) is 2.02. The highest BCUT2D eigenvalue weighted by Crippen LogP contribution is 2.18. The van der Waals surface area contributed by atoms with Gasteiger partial charge in [0.05, 0.1) is 5.69 Å². The van der Waals surface area contributed by atoms with Gasteiger partial charge in [-0.1, -0.05) is 36.4 Å². The third-order valence-corrected chi connectivity index (χ3v) is 4.27. The van der Waals surface area contributed by atoms with Gasteiger partial charge in [0, 0.05) is 18.3 Å². The minimum absolute atomic E-state index is 0.258. The maximum Gasteiger partial charge on any atom is 0.316 e. The molecule has 0 aliphatic heterocycles. The SMILES string of the molecule is NC(=O)Nc1cccc(-n2c(=O)c(Cc3ccccc3)nc3cccnc32)c1. The van der Waals surface area contributed by atoms with Gasteiger partial charge in [0.25, 0.3) is 5.56 Å². The normalized spacial score (nSPS) is 10.7. The number of hydrogen-bond acceptors (Lipinski definition) is 4. The number of carbonyl (C=O) groups is 1. The molecule has 0 aliphatic carbocycles. The zero-order valence-electron chi connectivity index (χ0n) is 14.9. The smallest absolute Gasteiger partial charge is 0.316 e. The summed E-state index contributed by atoms with van der Waals surface area (Å²) in [5, 5.41) is 2.52. The largest absolute Gasteiger partial charge is 0.351 e. The number of rotatable bonds is 4. The van der Waals surface area contributed by atoms with Gasteiger partial charge in [-0.25, -0.2) is 14.8 Å². The number of aromatic nitrogens is 3. The van der Waals surface area contributed by atoms with Crippen LogP contribution in [0.5, 0.6) is 0 Å². The molecule has 0 radical (unpaired) electrons. The van der Waals surface area contributed by atoms with Crippen molar-refractivity contribution in [1.82, 2.24) is 14.5 Å². The Hall–Kier alpha value is -4.00. The predicted molar refractivity (Wildman–Crippen MR) is 108 cm³/mol. The molecule has 2 heterocycles. The molecule has 7 heteroatoms. The fourth-order valence-corrected chi connectivity index (χ4v) is 3.08. The summed E-state index contributed by atoms with van der Waals surface area (Å²) in [5.74, 6) is 0. The van der Waals surface area contributed by atoms with Crippen molar-refractivity contribution >= 4 is 22.9 Å². The number of benzene rings is 2. The van der Waals surface area contributed by atoms with E-state index in [1.54, 1.807) is 36.5 Å². The second kappa shape index (κ2) is 7.32. The van der Waals surface area contributed by atoms with Crippen LogP contribution >= 0.6 is 0 Å². The highest BCUT2D eigenvalue weighted by molar-refractivity contribution is 5.88. The second-order valence-corrected chi connectivity index (χ2v) is 6.25. The van der Waals surface area contributed by atoms with Crippen LogP contribution in [0.15, 0.2) is 77.7 Å². The molecule has 2 amide bonds. The first-order valence-electron chi connectivity index (χ1n) is 8.69. The number of pyridine rings is 1. The molecule has 3 N–H and O–H groups in total. The Kier molecular flexibility index (Phi) is 4.55. The van der Waals surface area contributed by atoms with E-state index in [-0.39, 0.29) is 5.56 Å². The van der Waals surface area contributed by atoms with Crippen molar-refractivity contribution in [3.05, 3.63) is 94.5 Å². The Morgan fingerprint density at radius 3 is 2.64 bits per heavy atom. The lowest BCUT2D eigenvalue weighted by Gasteiger charge is -2.13. The second-order valence-electron chi connectivity index (χ2n) is 6.25. The molecule has 0 atom stereocenters. The molecule has 4 rings (SSSR count). The van der Waals surface area contributed by atoms with E-state index >= 15 is 0 Å². The lowest BCUT2D eigenvalue weighted by atomic mass is 10.1. The van der Waals surface area contributed by atoms with Crippen LogP contribution in [0, 0.1) is 0 Å². The third kappa shape index (κ3) is 3.45. The maximum absolute atomic E-state index is 13.3. The van der Waals surface area contributed by atoms with Gasteiger partial charge in [0.15, 0.2) is 5.65 Å².